The standard InChI is InChI=1S/C22H25F3N2O/c1-26(2)21(28)18-7-5-6-16(14-18)15-27-13-4-3-8-20(27)17-9-11-19(12-10-17)22(23,24)25/h5-7,9-12,14,20H,3-4,8,13,15H2,1-2H3. The molecule has 1 saturated heterocycles. The number of halogens is 3. The number of alkyl halides is 3. The Morgan fingerprint density at radius 1 is 1.11 bits per heavy atom. The first-order valence-corrected chi connectivity index (χ1v) is 9.47. The fraction of sp³-hybridized carbons (Fsp3) is 0.409. The van der Waals surface area contributed by atoms with Crippen molar-refractivity contribution < 1.29 is 18.0 Å². The fourth-order valence-corrected chi connectivity index (χ4v) is 3.75. The van der Waals surface area contributed by atoms with Gasteiger partial charge in [-0.25, -0.2) is 0 Å². The van der Waals surface area contributed by atoms with Crippen LogP contribution < -0.4 is 0 Å². The van der Waals surface area contributed by atoms with Gasteiger partial charge < -0.3 is 4.90 Å². The molecule has 1 amide bonds. The Morgan fingerprint density at radius 3 is 2.46 bits per heavy atom. The third-order valence-electron chi connectivity index (χ3n) is 5.20. The van der Waals surface area contributed by atoms with E-state index in [-0.39, 0.29) is 11.9 Å². The smallest absolute Gasteiger partial charge is 0.345 e. The van der Waals surface area contributed by atoms with E-state index in [1.807, 2.05) is 18.2 Å². The third kappa shape index (κ3) is 4.73. The summed E-state index contributed by atoms with van der Waals surface area (Å²) < 4.78 is 38.5. The van der Waals surface area contributed by atoms with Gasteiger partial charge in [0.1, 0.15) is 0 Å². The molecule has 0 spiro atoms. The van der Waals surface area contributed by atoms with Crippen LogP contribution in [0, 0.1) is 0 Å². The molecule has 3 nitrogen and oxygen atoms in total. The van der Waals surface area contributed by atoms with Gasteiger partial charge in [-0.05, 0) is 54.8 Å². The largest absolute Gasteiger partial charge is 0.416 e. The van der Waals surface area contributed by atoms with Crippen LogP contribution in [-0.4, -0.2) is 36.3 Å². The van der Waals surface area contributed by atoms with E-state index in [2.05, 4.69) is 4.90 Å². The summed E-state index contributed by atoms with van der Waals surface area (Å²) in [7, 11) is 3.45. The Balaban J connectivity index is 1.79. The maximum Gasteiger partial charge on any atom is 0.416 e. The Hall–Kier alpha value is -2.34. The second-order valence-electron chi connectivity index (χ2n) is 7.50. The van der Waals surface area contributed by atoms with Gasteiger partial charge in [-0.2, -0.15) is 13.2 Å². The normalized spacial score (nSPS) is 18.1. The predicted molar refractivity (Wildman–Crippen MR) is 103 cm³/mol. The van der Waals surface area contributed by atoms with Crippen molar-refractivity contribution in [3.63, 3.8) is 0 Å². The summed E-state index contributed by atoms with van der Waals surface area (Å²) in [5.41, 5.74) is 1.97. The number of carbonyl (C=O) groups is 1. The van der Waals surface area contributed by atoms with E-state index < -0.39 is 11.7 Å². The van der Waals surface area contributed by atoms with Gasteiger partial charge in [0.05, 0.1) is 5.56 Å². The van der Waals surface area contributed by atoms with E-state index >= 15 is 0 Å². The van der Waals surface area contributed by atoms with Gasteiger partial charge in [-0.1, -0.05) is 30.7 Å². The lowest BCUT2D eigenvalue weighted by molar-refractivity contribution is -0.137. The van der Waals surface area contributed by atoms with Crippen molar-refractivity contribution in [2.24, 2.45) is 0 Å². The molecule has 1 heterocycles. The van der Waals surface area contributed by atoms with Gasteiger partial charge in [0.2, 0.25) is 0 Å². The average Bonchev–Trinajstić information content (AvgIpc) is 2.67. The van der Waals surface area contributed by atoms with E-state index in [1.165, 1.54) is 12.1 Å². The lowest BCUT2D eigenvalue weighted by Crippen LogP contribution is -2.33. The number of likely N-dealkylation sites (tertiary alicyclic amines) is 1. The number of hydrogen-bond acceptors (Lipinski definition) is 2. The number of piperidine rings is 1. The molecule has 0 aliphatic carbocycles. The van der Waals surface area contributed by atoms with Crippen LogP contribution in [0.5, 0.6) is 0 Å². The molecule has 6 heteroatoms. The maximum absolute atomic E-state index is 12.8. The molecule has 1 aliphatic heterocycles. The predicted octanol–water partition coefficient (Wildman–Crippen LogP) is 5.13. The number of benzene rings is 2. The number of nitrogens with zero attached hydrogens (tertiary/aromatic N) is 2. The molecule has 0 bridgehead atoms. The van der Waals surface area contributed by atoms with E-state index in [9.17, 15) is 18.0 Å². The van der Waals surface area contributed by atoms with Gasteiger partial charge in [0.25, 0.3) is 5.91 Å². The van der Waals surface area contributed by atoms with Gasteiger partial charge in [0, 0.05) is 32.2 Å². The topological polar surface area (TPSA) is 23.6 Å². The van der Waals surface area contributed by atoms with Crippen LogP contribution in [0.4, 0.5) is 13.2 Å². The van der Waals surface area contributed by atoms with Gasteiger partial charge in [0.15, 0.2) is 0 Å². The Labute approximate surface area is 163 Å². The lowest BCUT2D eigenvalue weighted by Gasteiger charge is -2.36. The molecule has 28 heavy (non-hydrogen) atoms. The molecular formula is C22H25F3N2O. The number of carbonyl (C=O) groups excluding carboxylic acids is 1. The van der Waals surface area contributed by atoms with E-state index in [1.54, 1.807) is 37.2 Å². The summed E-state index contributed by atoms with van der Waals surface area (Å²) in [6.07, 6.45) is -1.28. The molecule has 150 valence electrons. The molecule has 0 saturated carbocycles. The van der Waals surface area contributed by atoms with Crippen LogP contribution >= 0.6 is 0 Å². The number of hydrogen-bond donors (Lipinski definition) is 0. The highest BCUT2D eigenvalue weighted by molar-refractivity contribution is 5.94. The zero-order valence-electron chi connectivity index (χ0n) is 16.2. The average molecular weight is 390 g/mol. The van der Waals surface area contributed by atoms with Crippen molar-refractivity contribution in [1.82, 2.24) is 9.80 Å². The molecule has 0 radical (unpaired) electrons. The molecule has 3 rings (SSSR count). The minimum Gasteiger partial charge on any atom is -0.345 e. The van der Waals surface area contributed by atoms with E-state index in [4.69, 9.17) is 0 Å². The highest BCUT2D eigenvalue weighted by Gasteiger charge is 2.31. The van der Waals surface area contributed by atoms with Crippen LogP contribution in [-0.2, 0) is 12.7 Å². The third-order valence-corrected chi connectivity index (χ3v) is 5.20. The number of rotatable bonds is 4. The SMILES string of the molecule is CN(C)C(=O)c1cccc(CN2CCCCC2c2ccc(C(F)(F)F)cc2)c1. The van der Waals surface area contributed by atoms with Crippen molar-refractivity contribution in [3.05, 3.63) is 70.8 Å². The molecule has 1 atom stereocenters. The molecule has 0 N–H and O–H groups in total. The zero-order chi connectivity index (χ0) is 20.3. The van der Waals surface area contributed by atoms with Crippen molar-refractivity contribution >= 4 is 5.91 Å². The molecule has 0 aromatic heterocycles. The first-order chi connectivity index (χ1) is 13.3. The second-order valence-corrected chi connectivity index (χ2v) is 7.50. The molecule has 2 aromatic carbocycles. The fourth-order valence-electron chi connectivity index (χ4n) is 3.75. The van der Waals surface area contributed by atoms with Gasteiger partial charge >= 0.3 is 6.18 Å². The van der Waals surface area contributed by atoms with Crippen LogP contribution in [0.25, 0.3) is 0 Å². The molecule has 1 fully saturated rings. The Morgan fingerprint density at radius 2 is 1.82 bits per heavy atom. The first kappa shape index (κ1) is 20.4. The second kappa shape index (κ2) is 8.35. The minimum absolute atomic E-state index is 0.0419. The Bertz CT molecular complexity index is 815. The Kier molecular flexibility index (Phi) is 6.08. The highest BCUT2D eigenvalue weighted by Crippen LogP contribution is 2.35. The molecule has 1 unspecified atom stereocenters. The van der Waals surface area contributed by atoms with Crippen LogP contribution in [0.3, 0.4) is 0 Å². The monoisotopic (exact) mass is 390 g/mol. The van der Waals surface area contributed by atoms with Crippen LogP contribution in [0.15, 0.2) is 48.5 Å². The molecular weight excluding hydrogens is 365 g/mol. The molecule has 1 aliphatic rings. The lowest BCUT2D eigenvalue weighted by atomic mass is 9.94. The highest BCUT2D eigenvalue weighted by atomic mass is 19.4. The summed E-state index contributed by atoms with van der Waals surface area (Å²) in [6.45, 7) is 1.55. The van der Waals surface area contributed by atoms with Crippen molar-refractivity contribution in [2.75, 3.05) is 20.6 Å². The van der Waals surface area contributed by atoms with Crippen molar-refractivity contribution in [1.29, 1.82) is 0 Å². The summed E-state index contributed by atoms with van der Waals surface area (Å²) in [6, 6.07) is 13.2. The first-order valence-electron chi connectivity index (χ1n) is 9.47. The van der Waals surface area contributed by atoms with Crippen LogP contribution in [0.1, 0.15) is 52.4 Å². The summed E-state index contributed by atoms with van der Waals surface area (Å²) in [5, 5.41) is 0. The van der Waals surface area contributed by atoms with Crippen molar-refractivity contribution in [2.45, 2.75) is 38.0 Å². The summed E-state index contributed by atoms with van der Waals surface area (Å²) in [4.78, 5) is 16.1. The van der Waals surface area contributed by atoms with Gasteiger partial charge in [-0.15, -0.1) is 0 Å². The van der Waals surface area contributed by atoms with Crippen LogP contribution in [0.2, 0.25) is 0 Å². The van der Waals surface area contributed by atoms with E-state index in [0.717, 1.165) is 36.9 Å². The number of amides is 1. The van der Waals surface area contributed by atoms with E-state index in [0.29, 0.717) is 12.1 Å². The van der Waals surface area contributed by atoms with Gasteiger partial charge in [-0.3, -0.25) is 9.69 Å². The summed E-state index contributed by atoms with van der Waals surface area (Å²) >= 11 is 0. The summed E-state index contributed by atoms with van der Waals surface area (Å²) in [5.74, 6) is -0.0419. The quantitative estimate of drug-likeness (QED) is 0.722. The minimum atomic E-state index is -4.32. The maximum atomic E-state index is 12.8. The van der Waals surface area contributed by atoms with Crippen molar-refractivity contribution in [3.8, 4) is 0 Å². The molecule has 2 aromatic rings. The zero-order valence-corrected chi connectivity index (χ0v) is 16.2.